The van der Waals surface area contributed by atoms with E-state index in [1.54, 1.807) is 103 Å². The number of rotatable bonds is 11. The number of benzene rings is 8. The topological polar surface area (TPSA) is 180 Å². The molecule has 8 aromatic carbocycles. The van der Waals surface area contributed by atoms with Gasteiger partial charge in [0.25, 0.3) is 0 Å². The maximum Gasteiger partial charge on any atom is 0.228 e. The molecule has 8 rings (SSSR count). The normalized spacial score (nSPS) is 11.2. The predicted octanol–water partition coefficient (Wildman–Crippen LogP) is 9.37. The van der Waals surface area contributed by atoms with Crippen molar-refractivity contribution in [2.24, 2.45) is 0 Å². The molecule has 290 valence electrons. The van der Waals surface area contributed by atoms with Gasteiger partial charge < -0.3 is 40.9 Å². The minimum atomic E-state index is -0.338. The van der Waals surface area contributed by atoms with Gasteiger partial charge >= 0.3 is 0 Å². The van der Waals surface area contributed by atoms with E-state index in [2.05, 4.69) is 0 Å². The average Bonchev–Trinajstić information content (AvgIpc) is 3.21. The Labute approximate surface area is 332 Å². The molecule has 8 N–H and O–H groups in total. The Hall–Kier alpha value is -7.72. The van der Waals surface area contributed by atoms with Gasteiger partial charge in [0.05, 0.1) is 0 Å². The molecule has 0 heterocycles. The third-order valence-corrected chi connectivity index (χ3v) is 10.3. The van der Waals surface area contributed by atoms with Crippen molar-refractivity contribution in [1.82, 2.24) is 0 Å². The molecule has 0 fully saturated rings. The summed E-state index contributed by atoms with van der Waals surface area (Å²) in [6.07, 6.45) is 1.39. The Kier molecular flexibility index (Phi) is 9.90. The Morgan fingerprint density at radius 1 is 0.345 bits per heavy atom. The summed E-state index contributed by atoms with van der Waals surface area (Å²) in [6, 6.07) is 36.7. The lowest BCUT2D eigenvalue weighted by Crippen LogP contribution is -2.03. The van der Waals surface area contributed by atoms with Crippen molar-refractivity contribution in [2.75, 3.05) is 0 Å². The van der Waals surface area contributed by atoms with Crippen molar-refractivity contribution >= 4 is 21.5 Å². The maximum absolute atomic E-state index is 11.3. The van der Waals surface area contributed by atoms with Crippen molar-refractivity contribution in [3.63, 3.8) is 0 Å². The minimum absolute atomic E-state index is 0.00239. The van der Waals surface area contributed by atoms with Gasteiger partial charge in [0.15, 0.2) is 23.0 Å². The molecule has 0 aromatic heterocycles. The monoisotopic (exact) mass is 774 g/mol. The number of hydrogen-bond acceptors (Lipinski definition) is 10. The van der Waals surface area contributed by atoms with Crippen LogP contribution >= 0.6 is 0 Å². The van der Waals surface area contributed by atoms with Gasteiger partial charge in [-0.15, -0.1) is 0 Å². The fraction of sp³-hybridized carbons (Fsp3) is 0.0833. The van der Waals surface area contributed by atoms with Gasteiger partial charge in [0.1, 0.15) is 28.7 Å². The van der Waals surface area contributed by atoms with Crippen molar-refractivity contribution in [3.05, 3.63) is 178 Å². The standard InChI is InChI=1S/C48H38O10/c49-34-9-1-27(2-10-34)20-32-25-45(55)48(40-26-43(53)33(23-39(32)40)21-28-3-11-35(50)12-4-28)58-57-37-15-7-29(8-16-37)19-31-24-44(54)47(56)46-38(31)17-18-42(52)41(46)22-30-5-13-36(51)14-6-30/h1-18,23-26,49-56H,19-22H2. The second-order valence-corrected chi connectivity index (χ2v) is 14.3. The van der Waals surface area contributed by atoms with Crippen molar-refractivity contribution in [2.45, 2.75) is 25.7 Å². The molecule has 10 nitrogen and oxygen atoms in total. The van der Waals surface area contributed by atoms with E-state index >= 15 is 0 Å². The number of fused-ring (bicyclic) bond motifs is 2. The zero-order valence-electron chi connectivity index (χ0n) is 30.9. The Bertz CT molecular complexity index is 2780. The molecule has 0 atom stereocenters. The van der Waals surface area contributed by atoms with Crippen molar-refractivity contribution in [1.29, 1.82) is 0 Å². The third kappa shape index (κ3) is 7.71. The zero-order chi connectivity index (χ0) is 40.5. The molecule has 0 saturated carbocycles. The molecule has 0 bridgehead atoms. The lowest BCUT2D eigenvalue weighted by molar-refractivity contribution is -0.100. The Morgan fingerprint density at radius 2 is 0.828 bits per heavy atom. The fourth-order valence-corrected chi connectivity index (χ4v) is 7.31. The zero-order valence-corrected chi connectivity index (χ0v) is 30.9. The number of aromatic hydroxyl groups is 8. The van der Waals surface area contributed by atoms with Crippen LogP contribution in [0.15, 0.2) is 133 Å². The molecule has 0 unspecified atom stereocenters. The summed E-state index contributed by atoms with van der Waals surface area (Å²) >= 11 is 0. The van der Waals surface area contributed by atoms with Crippen LogP contribution in [0, 0.1) is 0 Å². The molecule has 58 heavy (non-hydrogen) atoms. The largest absolute Gasteiger partial charge is 0.508 e. The first-order valence-corrected chi connectivity index (χ1v) is 18.4. The van der Waals surface area contributed by atoms with Crippen LogP contribution in [0.5, 0.6) is 57.5 Å². The highest BCUT2D eigenvalue weighted by atomic mass is 17.2. The van der Waals surface area contributed by atoms with Gasteiger partial charge in [-0.25, -0.2) is 0 Å². The van der Waals surface area contributed by atoms with Crippen LogP contribution in [0.1, 0.15) is 44.5 Å². The van der Waals surface area contributed by atoms with Crippen LogP contribution in [0.4, 0.5) is 0 Å². The summed E-state index contributed by atoms with van der Waals surface area (Å²) in [5, 5.41) is 86.3. The second kappa shape index (κ2) is 15.4. The molecule has 10 heteroatoms. The van der Waals surface area contributed by atoms with E-state index in [0.717, 1.165) is 27.8 Å². The van der Waals surface area contributed by atoms with Crippen molar-refractivity contribution in [3.8, 4) is 57.5 Å². The van der Waals surface area contributed by atoms with E-state index < -0.39 is 0 Å². The fourth-order valence-electron chi connectivity index (χ4n) is 7.31. The van der Waals surface area contributed by atoms with Crippen LogP contribution in [-0.2, 0) is 25.7 Å². The van der Waals surface area contributed by atoms with Crippen LogP contribution in [0.25, 0.3) is 21.5 Å². The first-order valence-electron chi connectivity index (χ1n) is 18.4. The predicted molar refractivity (Wildman–Crippen MR) is 219 cm³/mol. The van der Waals surface area contributed by atoms with Crippen LogP contribution < -0.4 is 9.78 Å². The molecule has 0 spiro atoms. The van der Waals surface area contributed by atoms with E-state index in [9.17, 15) is 40.9 Å². The summed E-state index contributed by atoms with van der Waals surface area (Å²) in [4.78, 5) is 11.5. The summed E-state index contributed by atoms with van der Waals surface area (Å²) in [5.41, 5.74) is 5.90. The quantitative estimate of drug-likeness (QED) is 0.0358. The van der Waals surface area contributed by atoms with Crippen LogP contribution in [0.2, 0.25) is 0 Å². The lowest BCUT2D eigenvalue weighted by atomic mass is 9.91. The minimum Gasteiger partial charge on any atom is -0.508 e. The third-order valence-electron chi connectivity index (χ3n) is 10.3. The van der Waals surface area contributed by atoms with Gasteiger partial charge in [-0.05, 0) is 141 Å². The summed E-state index contributed by atoms with van der Waals surface area (Å²) < 4.78 is 0. The number of phenolic OH excluding ortho intramolecular Hbond substituents is 8. The molecule has 0 aliphatic heterocycles. The maximum atomic E-state index is 11.3. The highest BCUT2D eigenvalue weighted by Gasteiger charge is 2.20. The number of hydrogen-bond donors (Lipinski definition) is 8. The molecule has 8 aromatic rings. The molecule has 0 aliphatic carbocycles. The van der Waals surface area contributed by atoms with Crippen LogP contribution in [0.3, 0.4) is 0 Å². The first kappa shape index (κ1) is 37.2. The van der Waals surface area contributed by atoms with Gasteiger partial charge in [-0.1, -0.05) is 54.6 Å². The summed E-state index contributed by atoms with van der Waals surface area (Å²) in [5.74, 6) is -0.234. The van der Waals surface area contributed by atoms with Gasteiger partial charge in [-0.2, -0.15) is 0 Å². The molecular formula is C48H38O10. The van der Waals surface area contributed by atoms with Gasteiger partial charge in [0.2, 0.25) is 5.75 Å². The van der Waals surface area contributed by atoms with E-state index in [4.69, 9.17) is 9.78 Å². The summed E-state index contributed by atoms with van der Waals surface area (Å²) in [7, 11) is 0. The average molecular weight is 775 g/mol. The van der Waals surface area contributed by atoms with E-state index in [1.165, 1.54) is 12.1 Å². The van der Waals surface area contributed by atoms with E-state index in [0.29, 0.717) is 63.2 Å². The SMILES string of the molecule is Oc1ccc(Cc2cc3c(Cc4ccc(O)cc4)cc(O)c(OOc4ccc(Cc5cc(O)c(O)c6c(Cc7ccc(O)cc7)c(O)ccc56)cc4)c3cc2O)cc1. The lowest BCUT2D eigenvalue weighted by Gasteiger charge is -2.16. The van der Waals surface area contributed by atoms with Gasteiger partial charge in [0, 0.05) is 29.2 Å². The molecule has 0 amide bonds. The Balaban J connectivity index is 1.06. The molecule has 0 radical (unpaired) electrons. The highest BCUT2D eigenvalue weighted by molar-refractivity contribution is 5.98. The smallest absolute Gasteiger partial charge is 0.228 e. The molecule has 0 saturated heterocycles. The van der Waals surface area contributed by atoms with Crippen molar-refractivity contribution < 1.29 is 50.6 Å². The number of phenols is 8. The second-order valence-electron chi connectivity index (χ2n) is 14.3. The first-order chi connectivity index (χ1) is 28.0. The highest BCUT2D eigenvalue weighted by Crippen LogP contribution is 2.44. The Morgan fingerprint density at radius 3 is 1.40 bits per heavy atom. The van der Waals surface area contributed by atoms with Crippen LogP contribution in [-0.4, -0.2) is 40.9 Å². The molecular weight excluding hydrogens is 737 g/mol. The molecule has 0 aliphatic rings. The van der Waals surface area contributed by atoms with E-state index in [-0.39, 0.29) is 58.2 Å². The van der Waals surface area contributed by atoms with Gasteiger partial charge in [-0.3, -0.25) is 9.78 Å². The summed E-state index contributed by atoms with van der Waals surface area (Å²) in [6.45, 7) is 0. The van der Waals surface area contributed by atoms with E-state index in [1.807, 2.05) is 18.2 Å².